The molecule has 11 heavy (non-hydrogen) atoms. The van der Waals surface area contributed by atoms with E-state index in [-0.39, 0.29) is 0 Å². The predicted octanol–water partition coefficient (Wildman–Crippen LogP) is -0.152. The summed E-state index contributed by atoms with van der Waals surface area (Å²) in [5.41, 5.74) is 0. The molecule has 0 aliphatic carbocycles. The van der Waals surface area contributed by atoms with Gasteiger partial charge in [-0.15, -0.1) is 0 Å². The van der Waals surface area contributed by atoms with Gasteiger partial charge in [0.1, 0.15) is 6.04 Å². The molecule has 1 amide bonds. The van der Waals surface area contributed by atoms with Gasteiger partial charge in [-0.05, 0) is 12.2 Å². The van der Waals surface area contributed by atoms with E-state index in [1.165, 1.54) is 7.05 Å². The summed E-state index contributed by atoms with van der Waals surface area (Å²) in [5.74, 6) is -0.538. The molecule has 1 atom stereocenters. The van der Waals surface area contributed by atoms with Crippen LogP contribution >= 0.6 is 12.6 Å². The van der Waals surface area contributed by atoms with E-state index < -0.39 is 12.0 Å². The minimum absolute atomic E-state index is 0.369. The number of hydrogen-bond acceptors (Lipinski definition) is 3. The van der Waals surface area contributed by atoms with Crippen molar-refractivity contribution in [3.05, 3.63) is 0 Å². The van der Waals surface area contributed by atoms with Crippen molar-refractivity contribution in [2.75, 3.05) is 12.8 Å². The molecule has 0 saturated carbocycles. The van der Waals surface area contributed by atoms with Crippen LogP contribution in [0.25, 0.3) is 0 Å². The number of carboxylic acids is 1. The maximum atomic E-state index is 10.5. The van der Waals surface area contributed by atoms with Gasteiger partial charge in [-0.2, -0.15) is 12.6 Å². The maximum Gasteiger partial charge on any atom is 0.326 e. The summed E-state index contributed by atoms with van der Waals surface area (Å²) < 4.78 is 0. The lowest BCUT2D eigenvalue weighted by molar-refractivity contribution is -0.145. The number of nitrogens with zero attached hydrogens (tertiary/aromatic N) is 1. The van der Waals surface area contributed by atoms with Crippen LogP contribution in [-0.2, 0) is 9.59 Å². The molecule has 1 unspecified atom stereocenters. The van der Waals surface area contributed by atoms with E-state index in [0.29, 0.717) is 18.6 Å². The quantitative estimate of drug-likeness (QED) is 0.453. The van der Waals surface area contributed by atoms with Gasteiger partial charge in [0.25, 0.3) is 0 Å². The number of carbonyl (C=O) groups excluding carboxylic acids is 1. The number of aliphatic carboxylic acids is 1. The second kappa shape index (κ2) is 5.01. The first kappa shape index (κ1) is 10.3. The van der Waals surface area contributed by atoms with Gasteiger partial charge in [-0.3, -0.25) is 4.79 Å². The Kier molecular flexibility index (Phi) is 4.69. The fourth-order valence-corrected chi connectivity index (χ4v) is 0.942. The van der Waals surface area contributed by atoms with E-state index in [1.807, 2.05) is 0 Å². The van der Waals surface area contributed by atoms with Gasteiger partial charge in [0.15, 0.2) is 0 Å². The van der Waals surface area contributed by atoms with E-state index in [0.717, 1.165) is 4.90 Å². The van der Waals surface area contributed by atoms with Crippen molar-refractivity contribution < 1.29 is 14.7 Å². The Hall–Kier alpha value is -0.710. The Balaban J connectivity index is 4.08. The number of rotatable bonds is 5. The molecule has 0 aliphatic rings. The fraction of sp³-hybridized carbons (Fsp3) is 0.667. The number of hydrogen-bond donors (Lipinski definition) is 2. The summed E-state index contributed by atoms with van der Waals surface area (Å²) in [4.78, 5) is 21.7. The van der Waals surface area contributed by atoms with E-state index in [9.17, 15) is 9.59 Å². The summed E-state index contributed by atoms with van der Waals surface area (Å²) in [6.07, 6.45) is 0.871. The standard InChI is InChI=1S/C6H11NO3S/c1-7(4-8)5(2-3-11)6(9)10/h4-5,11H,2-3H2,1H3,(H,9,10). The first-order valence-corrected chi connectivity index (χ1v) is 3.77. The van der Waals surface area contributed by atoms with Crippen molar-refractivity contribution in [2.45, 2.75) is 12.5 Å². The average molecular weight is 177 g/mol. The third-order valence-electron chi connectivity index (χ3n) is 1.35. The maximum absolute atomic E-state index is 10.5. The summed E-state index contributed by atoms with van der Waals surface area (Å²) in [6, 6.07) is -0.745. The van der Waals surface area contributed by atoms with E-state index in [2.05, 4.69) is 12.6 Å². The third kappa shape index (κ3) is 3.27. The molecular weight excluding hydrogens is 166 g/mol. The lowest BCUT2D eigenvalue weighted by Crippen LogP contribution is -2.37. The fourth-order valence-electron chi connectivity index (χ4n) is 0.697. The summed E-state index contributed by atoms with van der Waals surface area (Å²) in [5, 5.41) is 8.57. The number of amides is 1. The van der Waals surface area contributed by atoms with Gasteiger partial charge in [0.05, 0.1) is 0 Å². The van der Waals surface area contributed by atoms with E-state index >= 15 is 0 Å². The molecule has 0 rings (SSSR count). The summed E-state index contributed by atoms with van der Waals surface area (Å²) in [6.45, 7) is 0. The molecule has 0 aromatic carbocycles. The van der Waals surface area contributed by atoms with Crippen LogP contribution in [0.4, 0.5) is 0 Å². The van der Waals surface area contributed by atoms with Crippen LogP contribution in [-0.4, -0.2) is 41.2 Å². The zero-order valence-corrected chi connectivity index (χ0v) is 7.12. The Bertz CT molecular complexity index is 151. The minimum Gasteiger partial charge on any atom is -0.480 e. The molecule has 4 nitrogen and oxygen atoms in total. The van der Waals surface area contributed by atoms with Crippen LogP contribution in [0.5, 0.6) is 0 Å². The molecule has 5 heteroatoms. The average Bonchev–Trinajstić information content (AvgIpc) is 1.98. The van der Waals surface area contributed by atoms with Gasteiger partial charge in [0.2, 0.25) is 6.41 Å². The number of carboxylic acid groups (broad SMARTS) is 1. The molecule has 64 valence electrons. The first-order chi connectivity index (χ1) is 5.13. The molecule has 0 bridgehead atoms. The van der Waals surface area contributed by atoms with Crippen LogP contribution in [0, 0.1) is 0 Å². The molecular formula is C6H11NO3S. The number of carbonyl (C=O) groups is 2. The Labute approximate surface area is 70.6 Å². The summed E-state index contributed by atoms with van der Waals surface area (Å²) in [7, 11) is 1.44. The van der Waals surface area contributed by atoms with Crippen molar-refractivity contribution in [1.82, 2.24) is 4.90 Å². The Morgan fingerprint density at radius 2 is 2.36 bits per heavy atom. The van der Waals surface area contributed by atoms with Crippen LogP contribution in [0.1, 0.15) is 6.42 Å². The zero-order valence-electron chi connectivity index (χ0n) is 6.23. The first-order valence-electron chi connectivity index (χ1n) is 3.14. The van der Waals surface area contributed by atoms with E-state index in [1.54, 1.807) is 0 Å². The second-order valence-corrected chi connectivity index (χ2v) is 2.58. The third-order valence-corrected chi connectivity index (χ3v) is 1.60. The van der Waals surface area contributed by atoms with Gasteiger partial charge in [-0.1, -0.05) is 0 Å². The van der Waals surface area contributed by atoms with Crippen LogP contribution in [0.3, 0.4) is 0 Å². The molecule has 0 aromatic heterocycles. The molecule has 0 aliphatic heterocycles. The molecule has 1 N–H and O–H groups in total. The van der Waals surface area contributed by atoms with Gasteiger partial charge in [-0.25, -0.2) is 4.79 Å². The molecule has 0 saturated heterocycles. The minimum atomic E-state index is -0.992. The van der Waals surface area contributed by atoms with Gasteiger partial charge >= 0.3 is 5.97 Å². The highest BCUT2D eigenvalue weighted by molar-refractivity contribution is 7.80. The van der Waals surface area contributed by atoms with Crippen LogP contribution in [0.15, 0.2) is 0 Å². The highest BCUT2D eigenvalue weighted by Crippen LogP contribution is 2.00. The zero-order chi connectivity index (χ0) is 8.85. The Morgan fingerprint density at radius 3 is 2.64 bits per heavy atom. The largest absolute Gasteiger partial charge is 0.480 e. The smallest absolute Gasteiger partial charge is 0.326 e. The van der Waals surface area contributed by atoms with Crippen molar-refractivity contribution in [1.29, 1.82) is 0 Å². The lowest BCUT2D eigenvalue weighted by Gasteiger charge is -2.18. The van der Waals surface area contributed by atoms with Crippen LogP contribution < -0.4 is 0 Å². The summed E-state index contributed by atoms with van der Waals surface area (Å²) >= 11 is 3.88. The van der Waals surface area contributed by atoms with Crippen LogP contribution in [0.2, 0.25) is 0 Å². The lowest BCUT2D eigenvalue weighted by atomic mass is 10.2. The van der Waals surface area contributed by atoms with Crippen molar-refractivity contribution >= 4 is 25.0 Å². The number of thiol groups is 1. The van der Waals surface area contributed by atoms with Crippen molar-refractivity contribution in [3.8, 4) is 0 Å². The predicted molar refractivity (Wildman–Crippen MR) is 43.7 cm³/mol. The number of likely N-dealkylation sites (N-methyl/N-ethyl adjacent to an activating group) is 1. The van der Waals surface area contributed by atoms with Gasteiger partial charge < -0.3 is 10.0 Å². The second-order valence-electron chi connectivity index (χ2n) is 2.14. The van der Waals surface area contributed by atoms with E-state index in [4.69, 9.17) is 5.11 Å². The topological polar surface area (TPSA) is 57.6 Å². The highest BCUT2D eigenvalue weighted by Gasteiger charge is 2.19. The SMILES string of the molecule is CN(C=O)C(CCS)C(=O)O. The van der Waals surface area contributed by atoms with Crippen molar-refractivity contribution in [2.24, 2.45) is 0 Å². The van der Waals surface area contributed by atoms with Gasteiger partial charge in [0, 0.05) is 7.05 Å². The Morgan fingerprint density at radius 1 is 1.82 bits per heavy atom. The normalized spacial score (nSPS) is 12.2. The molecule has 0 radical (unpaired) electrons. The monoisotopic (exact) mass is 177 g/mol. The van der Waals surface area contributed by atoms with Crippen molar-refractivity contribution in [3.63, 3.8) is 0 Å². The molecule has 0 heterocycles. The molecule has 0 aromatic rings. The molecule has 0 fully saturated rings. The molecule has 0 spiro atoms. The highest BCUT2D eigenvalue weighted by atomic mass is 32.1.